The summed E-state index contributed by atoms with van der Waals surface area (Å²) in [4.78, 5) is 21.8. The van der Waals surface area contributed by atoms with Gasteiger partial charge in [0.1, 0.15) is 6.33 Å². The first-order chi connectivity index (χ1) is 14.7. The Morgan fingerprint density at radius 2 is 1.93 bits per heavy atom. The highest BCUT2D eigenvalue weighted by molar-refractivity contribution is 7.20. The van der Waals surface area contributed by atoms with E-state index in [0.717, 1.165) is 40.8 Å². The van der Waals surface area contributed by atoms with E-state index >= 15 is 0 Å². The number of anilines is 1. The molecule has 3 aromatic heterocycles. The zero-order valence-electron chi connectivity index (χ0n) is 16.4. The minimum absolute atomic E-state index is 0.135. The van der Waals surface area contributed by atoms with Crippen molar-refractivity contribution in [2.24, 2.45) is 0 Å². The quantitative estimate of drug-likeness (QED) is 0.452. The van der Waals surface area contributed by atoms with Gasteiger partial charge >= 0.3 is 0 Å². The highest BCUT2D eigenvalue weighted by Crippen LogP contribution is 2.20. The molecule has 5 aromatic rings. The molecule has 0 unspecified atom stereocenters. The first kappa shape index (κ1) is 18.5. The molecule has 3 heterocycles. The number of aromatic nitrogens is 5. The Balaban J connectivity index is 1.33. The highest BCUT2D eigenvalue weighted by atomic mass is 32.1. The van der Waals surface area contributed by atoms with Crippen molar-refractivity contribution < 1.29 is 0 Å². The maximum Gasteiger partial charge on any atom is 0.275 e. The van der Waals surface area contributed by atoms with Crippen LogP contribution in [-0.4, -0.2) is 24.1 Å². The van der Waals surface area contributed by atoms with E-state index in [1.807, 2.05) is 24.5 Å². The molecule has 5 rings (SSSR count). The molecule has 0 aliphatic carbocycles. The van der Waals surface area contributed by atoms with Crippen LogP contribution in [0.1, 0.15) is 24.6 Å². The Morgan fingerprint density at radius 3 is 2.77 bits per heavy atom. The predicted molar refractivity (Wildman–Crippen MR) is 120 cm³/mol. The van der Waals surface area contributed by atoms with Crippen LogP contribution < -0.4 is 10.9 Å². The zero-order valence-corrected chi connectivity index (χ0v) is 17.3. The Bertz CT molecular complexity index is 1380. The van der Waals surface area contributed by atoms with Crippen molar-refractivity contribution in [3.8, 4) is 5.69 Å². The SMILES string of the molecule is CCCc1cc(=O)n2nc(NCc3ccc(-n4cnc5ccccc54)cc3)sc2n1. The third kappa shape index (κ3) is 3.46. The van der Waals surface area contributed by atoms with E-state index in [-0.39, 0.29) is 5.56 Å². The number of aryl methyl sites for hydroxylation is 1. The van der Waals surface area contributed by atoms with Crippen molar-refractivity contribution in [1.82, 2.24) is 24.1 Å². The van der Waals surface area contributed by atoms with Crippen LogP contribution in [0.25, 0.3) is 21.7 Å². The van der Waals surface area contributed by atoms with Crippen LogP contribution in [-0.2, 0) is 13.0 Å². The molecule has 30 heavy (non-hydrogen) atoms. The molecule has 0 fully saturated rings. The molecule has 2 aromatic carbocycles. The second kappa shape index (κ2) is 7.72. The van der Waals surface area contributed by atoms with Gasteiger partial charge in [0, 0.05) is 24.0 Å². The summed E-state index contributed by atoms with van der Waals surface area (Å²) < 4.78 is 3.44. The lowest BCUT2D eigenvalue weighted by Crippen LogP contribution is -2.15. The number of rotatable bonds is 6. The number of para-hydroxylation sites is 2. The number of fused-ring (bicyclic) bond motifs is 2. The summed E-state index contributed by atoms with van der Waals surface area (Å²) in [5.41, 5.74) is 4.93. The van der Waals surface area contributed by atoms with Crippen molar-refractivity contribution in [1.29, 1.82) is 0 Å². The molecule has 1 N–H and O–H groups in total. The fraction of sp³-hybridized carbons (Fsp3) is 0.182. The molecule has 0 saturated carbocycles. The average Bonchev–Trinajstić information content (AvgIpc) is 3.37. The van der Waals surface area contributed by atoms with Crippen LogP contribution >= 0.6 is 11.3 Å². The highest BCUT2D eigenvalue weighted by Gasteiger charge is 2.09. The van der Waals surface area contributed by atoms with Gasteiger partial charge in [0.25, 0.3) is 5.56 Å². The number of nitrogens with zero attached hydrogens (tertiary/aromatic N) is 5. The van der Waals surface area contributed by atoms with Crippen molar-refractivity contribution >= 4 is 32.5 Å². The minimum atomic E-state index is -0.135. The van der Waals surface area contributed by atoms with Crippen LogP contribution in [0.15, 0.2) is 65.7 Å². The van der Waals surface area contributed by atoms with E-state index in [1.54, 1.807) is 6.07 Å². The smallest absolute Gasteiger partial charge is 0.275 e. The van der Waals surface area contributed by atoms with E-state index in [4.69, 9.17) is 0 Å². The van der Waals surface area contributed by atoms with Gasteiger partial charge in [-0.15, -0.1) is 5.10 Å². The summed E-state index contributed by atoms with van der Waals surface area (Å²) in [5.74, 6) is 0. The maximum atomic E-state index is 12.2. The van der Waals surface area contributed by atoms with Gasteiger partial charge < -0.3 is 5.32 Å². The van der Waals surface area contributed by atoms with Crippen molar-refractivity contribution in [2.75, 3.05) is 5.32 Å². The topological polar surface area (TPSA) is 77.1 Å². The lowest BCUT2D eigenvalue weighted by molar-refractivity contribution is 0.839. The Morgan fingerprint density at radius 1 is 1.10 bits per heavy atom. The Kier molecular flexibility index (Phi) is 4.76. The normalized spacial score (nSPS) is 11.4. The number of hydrogen-bond acceptors (Lipinski definition) is 6. The molecule has 0 bridgehead atoms. The second-order valence-corrected chi connectivity index (χ2v) is 8.02. The largest absolute Gasteiger partial charge is 0.356 e. The third-order valence-electron chi connectivity index (χ3n) is 4.92. The van der Waals surface area contributed by atoms with Gasteiger partial charge in [-0.1, -0.05) is 48.9 Å². The first-order valence-corrected chi connectivity index (χ1v) is 10.7. The molecule has 0 aliphatic heterocycles. The molecule has 0 spiro atoms. The van der Waals surface area contributed by atoms with Crippen molar-refractivity contribution in [3.05, 3.63) is 82.5 Å². The Hall–Kier alpha value is -3.52. The van der Waals surface area contributed by atoms with Gasteiger partial charge in [0.05, 0.1) is 11.0 Å². The minimum Gasteiger partial charge on any atom is -0.356 e. The summed E-state index contributed by atoms with van der Waals surface area (Å²) in [5, 5.41) is 8.34. The molecule has 0 amide bonds. The molecule has 0 aliphatic rings. The molecule has 7 nitrogen and oxygen atoms in total. The summed E-state index contributed by atoms with van der Waals surface area (Å²) in [6, 6.07) is 18.0. The van der Waals surface area contributed by atoms with Crippen LogP contribution in [0.2, 0.25) is 0 Å². The average molecular weight is 417 g/mol. The molecule has 0 atom stereocenters. The van der Waals surface area contributed by atoms with Crippen molar-refractivity contribution in [3.63, 3.8) is 0 Å². The summed E-state index contributed by atoms with van der Waals surface area (Å²) in [7, 11) is 0. The third-order valence-corrected chi connectivity index (χ3v) is 5.78. The second-order valence-electron chi connectivity index (χ2n) is 7.06. The van der Waals surface area contributed by atoms with Gasteiger partial charge in [-0.05, 0) is 36.2 Å². The molecular formula is C22H20N6OS. The van der Waals surface area contributed by atoms with Crippen LogP contribution in [0.3, 0.4) is 0 Å². The lowest BCUT2D eigenvalue weighted by atomic mass is 10.2. The fourth-order valence-electron chi connectivity index (χ4n) is 3.43. The van der Waals surface area contributed by atoms with Gasteiger partial charge in [-0.3, -0.25) is 9.36 Å². The standard InChI is InChI=1S/C22H20N6OS/c1-2-5-16-12-20(29)28-22(25-16)30-21(26-28)23-13-15-8-10-17(11-9-15)27-14-24-18-6-3-4-7-19(18)27/h3-4,6-12,14H,2,5,13H2,1H3,(H,23,26). The van der Waals surface area contributed by atoms with Crippen LogP contribution in [0.5, 0.6) is 0 Å². The van der Waals surface area contributed by atoms with Gasteiger partial charge in [0.15, 0.2) is 0 Å². The van der Waals surface area contributed by atoms with E-state index in [0.29, 0.717) is 16.6 Å². The molecule has 8 heteroatoms. The van der Waals surface area contributed by atoms with E-state index in [1.165, 1.54) is 15.9 Å². The maximum absolute atomic E-state index is 12.2. The van der Waals surface area contributed by atoms with Gasteiger partial charge in [-0.2, -0.15) is 4.52 Å². The monoisotopic (exact) mass is 416 g/mol. The number of benzene rings is 2. The zero-order chi connectivity index (χ0) is 20.5. The van der Waals surface area contributed by atoms with Gasteiger partial charge in [0.2, 0.25) is 10.1 Å². The van der Waals surface area contributed by atoms with E-state index in [2.05, 4.69) is 62.2 Å². The molecule has 0 radical (unpaired) electrons. The summed E-state index contributed by atoms with van der Waals surface area (Å²) in [6.45, 7) is 2.69. The Labute approximate surface area is 176 Å². The van der Waals surface area contributed by atoms with Gasteiger partial charge in [-0.25, -0.2) is 9.97 Å². The molecular weight excluding hydrogens is 396 g/mol. The molecule has 150 valence electrons. The summed E-state index contributed by atoms with van der Waals surface area (Å²) in [6.07, 6.45) is 3.60. The van der Waals surface area contributed by atoms with Crippen LogP contribution in [0, 0.1) is 0 Å². The van der Waals surface area contributed by atoms with Crippen molar-refractivity contribution in [2.45, 2.75) is 26.3 Å². The lowest BCUT2D eigenvalue weighted by Gasteiger charge is -2.07. The molecule has 0 saturated heterocycles. The summed E-state index contributed by atoms with van der Waals surface area (Å²) >= 11 is 1.39. The predicted octanol–water partition coefficient (Wildman–Crippen LogP) is 4.05. The van der Waals surface area contributed by atoms with E-state index in [9.17, 15) is 4.79 Å². The number of nitrogens with one attached hydrogen (secondary N) is 1. The van der Waals surface area contributed by atoms with E-state index < -0.39 is 0 Å². The van der Waals surface area contributed by atoms with Crippen LogP contribution in [0.4, 0.5) is 5.13 Å². The number of imidazole rings is 1. The fourth-order valence-corrected chi connectivity index (χ4v) is 4.25. The number of hydrogen-bond donors (Lipinski definition) is 1. The first-order valence-electron chi connectivity index (χ1n) is 9.86.